The molecule has 0 spiro atoms. The van der Waals surface area contributed by atoms with E-state index in [4.69, 9.17) is 10.2 Å². The zero-order chi connectivity index (χ0) is 11.1. The highest BCUT2D eigenvalue weighted by atomic mass is 16.4. The summed E-state index contributed by atoms with van der Waals surface area (Å²) in [6.45, 7) is 2.92. The molecule has 0 bridgehead atoms. The Morgan fingerprint density at radius 2 is 1.14 bits per heavy atom. The lowest BCUT2D eigenvalue weighted by Crippen LogP contribution is -1.95. The van der Waals surface area contributed by atoms with Crippen LogP contribution in [0.1, 0.15) is 13.8 Å². The van der Waals surface area contributed by atoms with Gasteiger partial charge < -0.3 is 10.2 Å². The van der Waals surface area contributed by atoms with Crippen LogP contribution in [0.25, 0.3) is 0 Å². The fourth-order valence-electron chi connectivity index (χ4n) is 0.542. The minimum absolute atomic E-state index is 0.197. The van der Waals surface area contributed by atoms with Crippen molar-refractivity contribution in [2.45, 2.75) is 13.8 Å². The monoisotopic (exact) mass is 196 g/mol. The zero-order valence-electron chi connectivity index (χ0n) is 8.02. The molecule has 0 saturated carbocycles. The first-order valence-electron chi connectivity index (χ1n) is 3.93. The Bertz CT molecular complexity index is 289. The van der Waals surface area contributed by atoms with Crippen molar-refractivity contribution in [3.63, 3.8) is 0 Å². The van der Waals surface area contributed by atoms with Crippen LogP contribution in [0.2, 0.25) is 0 Å². The molecule has 0 aliphatic carbocycles. The number of carbonyl (C=O) groups is 2. The molecule has 0 unspecified atom stereocenters. The van der Waals surface area contributed by atoms with E-state index in [1.54, 1.807) is 0 Å². The van der Waals surface area contributed by atoms with Crippen molar-refractivity contribution in [1.29, 1.82) is 0 Å². The standard InChI is InChI=1S/C10H12O4/c1-7(9(11)12)5-3-4-6-8(2)10(13)14/h3-6H,1-2H3,(H,11,12)(H,13,14)/b4-3+,7-5+,8-6+. The number of hydrogen-bond donors (Lipinski definition) is 2. The maximum atomic E-state index is 10.3. The maximum Gasteiger partial charge on any atom is 0.331 e. The smallest absolute Gasteiger partial charge is 0.331 e. The molecule has 0 amide bonds. The van der Waals surface area contributed by atoms with Crippen LogP contribution in [0.5, 0.6) is 0 Å². The van der Waals surface area contributed by atoms with Crippen LogP contribution in [0.4, 0.5) is 0 Å². The minimum atomic E-state index is -0.992. The summed E-state index contributed by atoms with van der Waals surface area (Å²) in [5, 5.41) is 16.9. The van der Waals surface area contributed by atoms with E-state index < -0.39 is 11.9 Å². The zero-order valence-corrected chi connectivity index (χ0v) is 8.02. The Morgan fingerprint density at radius 3 is 1.36 bits per heavy atom. The highest BCUT2D eigenvalue weighted by Crippen LogP contribution is 1.95. The number of allylic oxidation sites excluding steroid dienone is 4. The SMILES string of the molecule is C\C(=C/C=C/C=C(\C)C(=O)O)C(=O)O. The molecule has 0 aromatic carbocycles. The lowest BCUT2D eigenvalue weighted by Gasteiger charge is -1.88. The van der Waals surface area contributed by atoms with Crippen molar-refractivity contribution in [3.05, 3.63) is 35.5 Å². The molecule has 0 aromatic rings. The Kier molecular flexibility index (Phi) is 4.99. The lowest BCUT2D eigenvalue weighted by atomic mass is 10.2. The Hall–Kier alpha value is -1.84. The summed E-state index contributed by atoms with van der Waals surface area (Å²) in [6.07, 6.45) is 5.76. The molecule has 0 aliphatic heterocycles. The fraction of sp³-hybridized carbons (Fsp3) is 0.200. The first-order chi connectivity index (χ1) is 6.45. The molecular weight excluding hydrogens is 184 g/mol. The molecule has 0 heterocycles. The lowest BCUT2D eigenvalue weighted by molar-refractivity contribution is -0.133. The maximum absolute atomic E-state index is 10.3. The van der Waals surface area contributed by atoms with E-state index in [0.29, 0.717) is 0 Å². The molecule has 0 fully saturated rings. The van der Waals surface area contributed by atoms with Crippen molar-refractivity contribution in [2.24, 2.45) is 0 Å². The molecule has 0 aliphatic rings. The number of carboxylic acids is 2. The number of carboxylic acid groups (broad SMARTS) is 2. The second-order valence-corrected chi connectivity index (χ2v) is 2.69. The number of rotatable bonds is 4. The summed E-state index contributed by atoms with van der Waals surface area (Å²) in [5.41, 5.74) is 0.394. The minimum Gasteiger partial charge on any atom is -0.478 e. The van der Waals surface area contributed by atoms with Gasteiger partial charge in [0.2, 0.25) is 0 Å². The molecule has 2 N–H and O–H groups in total. The van der Waals surface area contributed by atoms with Gasteiger partial charge in [-0.15, -0.1) is 0 Å². The van der Waals surface area contributed by atoms with E-state index in [1.807, 2.05) is 0 Å². The van der Waals surface area contributed by atoms with E-state index >= 15 is 0 Å². The number of hydrogen-bond acceptors (Lipinski definition) is 2. The summed E-state index contributed by atoms with van der Waals surface area (Å²) >= 11 is 0. The predicted molar refractivity (Wildman–Crippen MR) is 51.9 cm³/mol. The van der Waals surface area contributed by atoms with Gasteiger partial charge in [0.15, 0.2) is 0 Å². The quantitative estimate of drug-likeness (QED) is 0.529. The van der Waals surface area contributed by atoms with Crippen LogP contribution in [-0.4, -0.2) is 22.2 Å². The van der Waals surface area contributed by atoms with Gasteiger partial charge in [-0.2, -0.15) is 0 Å². The second kappa shape index (κ2) is 5.75. The second-order valence-electron chi connectivity index (χ2n) is 2.69. The first-order valence-corrected chi connectivity index (χ1v) is 3.93. The van der Waals surface area contributed by atoms with Crippen LogP contribution in [0.15, 0.2) is 35.5 Å². The van der Waals surface area contributed by atoms with Crippen molar-refractivity contribution in [1.82, 2.24) is 0 Å². The van der Waals surface area contributed by atoms with Gasteiger partial charge in [-0.1, -0.05) is 24.3 Å². The molecule has 4 nitrogen and oxygen atoms in total. The third-order valence-corrected chi connectivity index (χ3v) is 1.48. The normalized spacial score (nSPS) is 13.3. The van der Waals surface area contributed by atoms with Crippen LogP contribution in [0.3, 0.4) is 0 Å². The Balaban J connectivity index is 4.35. The van der Waals surface area contributed by atoms with Gasteiger partial charge in [0.1, 0.15) is 0 Å². The predicted octanol–water partition coefficient (Wildman–Crippen LogP) is 1.60. The van der Waals surface area contributed by atoms with E-state index in [0.717, 1.165) is 0 Å². The topological polar surface area (TPSA) is 74.6 Å². The molecule has 76 valence electrons. The molecule has 0 saturated heterocycles. The van der Waals surface area contributed by atoms with Gasteiger partial charge in [0.05, 0.1) is 0 Å². The summed E-state index contributed by atoms with van der Waals surface area (Å²) in [6, 6.07) is 0. The molecule has 0 radical (unpaired) electrons. The van der Waals surface area contributed by atoms with Crippen LogP contribution < -0.4 is 0 Å². The first kappa shape index (κ1) is 12.2. The molecule has 0 aromatic heterocycles. The number of aliphatic carboxylic acids is 2. The highest BCUT2D eigenvalue weighted by Gasteiger charge is 1.96. The molecule has 0 atom stereocenters. The van der Waals surface area contributed by atoms with Gasteiger partial charge in [-0.05, 0) is 13.8 Å². The van der Waals surface area contributed by atoms with Gasteiger partial charge in [0, 0.05) is 11.1 Å². The van der Waals surface area contributed by atoms with Crippen LogP contribution in [0, 0.1) is 0 Å². The fourth-order valence-corrected chi connectivity index (χ4v) is 0.542. The Morgan fingerprint density at radius 1 is 0.857 bits per heavy atom. The highest BCUT2D eigenvalue weighted by molar-refractivity contribution is 5.86. The van der Waals surface area contributed by atoms with Gasteiger partial charge >= 0.3 is 11.9 Å². The van der Waals surface area contributed by atoms with Gasteiger partial charge in [0.25, 0.3) is 0 Å². The van der Waals surface area contributed by atoms with Crippen molar-refractivity contribution in [2.75, 3.05) is 0 Å². The van der Waals surface area contributed by atoms with Crippen molar-refractivity contribution >= 4 is 11.9 Å². The largest absolute Gasteiger partial charge is 0.478 e. The van der Waals surface area contributed by atoms with E-state index in [2.05, 4.69) is 0 Å². The summed E-state index contributed by atoms with van der Waals surface area (Å²) < 4.78 is 0. The molecule has 4 heteroatoms. The van der Waals surface area contributed by atoms with Gasteiger partial charge in [-0.25, -0.2) is 9.59 Å². The van der Waals surface area contributed by atoms with E-state index in [9.17, 15) is 9.59 Å². The average molecular weight is 196 g/mol. The van der Waals surface area contributed by atoms with E-state index in [1.165, 1.54) is 38.2 Å². The van der Waals surface area contributed by atoms with Crippen molar-refractivity contribution < 1.29 is 19.8 Å². The molecule has 0 rings (SSSR count). The molecular formula is C10H12O4. The molecule has 14 heavy (non-hydrogen) atoms. The van der Waals surface area contributed by atoms with Gasteiger partial charge in [-0.3, -0.25) is 0 Å². The van der Waals surface area contributed by atoms with Crippen molar-refractivity contribution in [3.8, 4) is 0 Å². The summed E-state index contributed by atoms with van der Waals surface area (Å²) in [7, 11) is 0. The summed E-state index contributed by atoms with van der Waals surface area (Å²) in [5.74, 6) is -1.98. The summed E-state index contributed by atoms with van der Waals surface area (Å²) in [4.78, 5) is 20.6. The van der Waals surface area contributed by atoms with Crippen LogP contribution in [-0.2, 0) is 9.59 Å². The van der Waals surface area contributed by atoms with Crippen LogP contribution >= 0.6 is 0 Å². The average Bonchev–Trinajstić information content (AvgIpc) is 2.11. The Labute approximate surface area is 81.9 Å². The third-order valence-electron chi connectivity index (χ3n) is 1.48. The third kappa shape index (κ3) is 4.92. The van der Waals surface area contributed by atoms with E-state index in [-0.39, 0.29) is 11.1 Å².